The summed E-state index contributed by atoms with van der Waals surface area (Å²) >= 11 is 1.22. The first-order valence-electron chi connectivity index (χ1n) is 12.5. The fourth-order valence-electron chi connectivity index (χ4n) is 4.92. The minimum absolute atomic E-state index is 0.0138. The summed E-state index contributed by atoms with van der Waals surface area (Å²) in [6.07, 6.45) is 6.55. The Morgan fingerprint density at radius 1 is 1.05 bits per heavy atom. The van der Waals surface area contributed by atoms with Crippen molar-refractivity contribution in [1.82, 2.24) is 20.6 Å². The maximum absolute atomic E-state index is 13.3. The van der Waals surface area contributed by atoms with Gasteiger partial charge in [-0.3, -0.25) is 9.59 Å². The highest BCUT2D eigenvalue weighted by molar-refractivity contribution is 7.21. The first kappa shape index (κ1) is 24.6. The van der Waals surface area contributed by atoms with Crippen LogP contribution >= 0.6 is 11.3 Å². The van der Waals surface area contributed by atoms with Gasteiger partial charge in [-0.25, -0.2) is 19.7 Å². The van der Waals surface area contributed by atoms with Crippen LogP contribution in [0.5, 0.6) is 11.5 Å². The van der Waals surface area contributed by atoms with E-state index >= 15 is 0 Å². The van der Waals surface area contributed by atoms with Gasteiger partial charge in [0.05, 0.1) is 23.0 Å². The van der Waals surface area contributed by atoms with Crippen LogP contribution in [0.25, 0.3) is 10.2 Å². The number of nitrogens with zero attached hydrogens (tertiary/aromatic N) is 3. The molecule has 4 aromatic rings. The number of rotatable bonds is 7. The van der Waals surface area contributed by atoms with E-state index in [0.717, 1.165) is 12.8 Å². The maximum atomic E-state index is 13.3. The molecule has 11 heteroatoms. The van der Waals surface area contributed by atoms with Gasteiger partial charge in [-0.2, -0.15) is 0 Å². The van der Waals surface area contributed by atoms with Crippen molar-refractivity contribution < 1.29 is 19.1 Å². The van der Waals surface area contributed by atoms with Crippen molar-refractivity contribution in [2.45, 2.75) is 31.3 Å². The van der Waals surface area contributed by atoms with Crippen molar-refractivity contribution in [2.75, 3.05) is 10.2 Å². The standard InChI is InChI=1S/C28H24N6O4S/c1-2-22(35)31-16-8-9-17(14-16)32-26(36)25-24-23-20(12-13-29-27(23)39-25)34(28(37)33-24)21-11-10-19(15-30-21)38-18-6-4-3-5-7-18/h2-7,10-13,15-17H,1,8-9,14H2,(H,31,35)(H,32,36)(H,33,37)/t16-,17+/m1/s1. The largest absolute Gasteiger partial charge is 0.456 e. The van der Waals surface area contributed by atoms with E-state index in [4.69, 9.17) is 4.74 Å². The smallest absolute Gasteiger partial charge is 0.332 e. The molecule has 39 heavy (non-hydrogen) atoms. The quantitative estimate of drug-likeness (QED) is 0.280. The van der Waals surface area contributed by atoms with Gasteiger partial charge in [-0.15, -0.1) is 11.3 Å². The number of amides is 4. The van der Waals surface area contributed by atoms with Crippen molar-refractivity contribution in [1.29, 1.82) is 0 Å². The van der Waals surface area contributed by atoms with Crippen molar-refractivity contribution in [3.63, 3.8) is 0 Å². The third kappa shape index (κ3) is 4.79. The van der Waals surface area contributed by atoms with Gasteiger partial charge in [0.15, 0.2) is 0 Å². The first-order valence-corrected chi connectivity index (χ1v) is 13.3. The number of carbonyl (C=O) groups excluding carboxylic acids is 3. The molecule has 0 unspecified atom stereocenters. The highest BCUT2D eigenvalue weighted by Crippen LogP contribution is 2.45. The lowest BCUT2D eigenvalue weighted by atomic mass is 10.1. The number of para-hydroxylation sites is 1. The summed E-state index contributed by atoms with van der Waals surface area (Å²) in [7, 11) is 0. The number of urea groups is 1. The molecule has 2 aliphatic rings. The van der Waals surface area contributed by atoms with Gasteiger partial charge in [0.1, 0.15) is 27.0 Å². The van der Waals surface area contributed by atoms with Crippen LogP contribution in [-0.4, -0.2) is 39.9 Å². The molecule has 0 saturated heterocycles. The molecule has 196 valence electrons. The number of benzene rings is 1. The van der Waals surface area contributed by atoms with Crippen LogP contribution in [0.2, 0.25) is 0 Å². The second kappa shape index (κ2) is 10.2. The summed E-state index contributed by atoms with van der Waals surface area (Å²) in [4.78, 5) is 49.6. The average Bonchev–Trinajstić information content (AvgIpc) is 3.55. The zero-order valence-electron chi connectivity index (χ0n) is 20.7. The van der Waals surface area contributed by atoms with Gasteiger partial charge in [-0.05, 0) is 55.7 Å². The molecule has 4 amide bonds. The Hall–Kier alpha value is -4.77. The third-order valence-electron chi connectivity index (χ3n) is 6.68. The Bertz CT molecular complexity index is 1590. The van der Waals surface area contributed by atoms with Crippen molar-refractivity contribution in [3.05, 3.63) is 78.5 Å². The molecule has 0 bridgehead atoms. The van der Waals surface area contributed by atoms with Crippen LogP contribution in [0, 0.1) is 0 Å². The molecule has 10 nitrogen and oxygen atoms in total. The number of thiophene rings is 1. The Balaban J connectivity index is 1.24. The number of nitrogens with one attached hydrogen (secondary N) is 3. The van der Waals surface area contributed by atoms with Crippen molar-refractivity contribution in [2.24, 2.45) is 0 Å². The summed E-state index contributed by atoms with van der Waals surface area (Å²) in [5.74, 6) is 1.12. The fourth-order valence-corrected chi connectivity index (χ4v) is 5.94. The van der Waals surface area contributed by atoms with E-state index in [1.165, 1.54) is 22.3 Å². The number of hydrogen-bond donors (Lipinski definition) is 3. The molecule has 1 saturated carbocycles. The SMILES string of the molecule is C=CC(=O)N[C@@H]1CC[C@H](NC(=O)c2sc3nccc4c3c2NC(=O)N4c2ccc(Oc3ccccc3)cn2)C1. The van der Waals surface area contributed by atoms with Gasteiger partial charge in [0, 0.05) is 18.3 Å². The van der Waals surface area contributed by atoms with Crippen molar-refractivity contribution >= 4 is 56.6 Å². The predicted octanol–water partition coefficient (Wildman–Crippen LogP) is 5.12. The fraction of sp³-hybridized carbons (Fsp3) is 0.179. The number of aromatic nitrogens is 2. The van der Waals surface area contributed by atoms with Crippen LogP contribution in [-0.2, 0) is 4.79 Å². The molecule has 1 aliphatic heterocycles. The van der Waals surface area contributed by atoms with E-state index in [2.05, 4.69) is 32.5 Å². The average molecular weight is 541 g/mol. The summed E-state index contributed by atoms with van der Waals surface area (Å²) in [5, 5.41) is 9.50. The van der Waals surface area contributed by atoms with Crippen LogP contribution < -0.4 is 25.6 Å². The summed E-state index contributed by atoms with van der Waals surface area (Å²) in [6.45, 7) is 3.48. The molecule has 3 N–H and O–H groups in total. The predicted molar refractivity (Wildman–Crippen MR) is 149 cm³/mol. The maximum Gasteiger partial charge on any atom is 0.332 e. The highest BCUT2D eigenvalue weighted by Gasteiger charge is 2.34. The second-order valence-corrected chi connectivity index (χ2v) is 10.2. The number of carbonyl (C=O) groups is 3. The van der Waals surface area contributed by atoms with Crippen molar-refractivity contribution in [3.8, 4) is 11.5 Å². The van der Waals surface area contributed by atoms with Crippen LogP contribution in [0.3, 0.4) is 0 Å². The minimum atomic E-state index is -0.431. The highest BCUT2D eigenvalue weighted by atomic mass is 32.1. The Labute approximate surface area is 227 Å². The van der Waals surface area contributed by atoms with E-state index in [0.29, 0.717) is 50.2 Å². The first-order chi connectivity index (χ1) is 19.0. The van der Waals surface area contributed by atoms with Gasteiger partial charge in [0.25, 0.3) is 5.91 Å². The number of pyridine rings is 2. The van der Waals surface area contributed by atoms with Gasteiger partial charge in [0.2, 0.25) is 5.91 Å². The normalized spacial score (nSPS) is 17.9. The summed E-state index contributed by atoms with van der Waals surface area (Å²) in [6, 6.07) is 14.0. The van der Waals surface area contributed by atoms with E-state index in [1.807, 2.05) is 30.3 Å². The van der Waals surface area contributed by atoms with Gasteiger partial charge in [-0.1, -0.05) is 24.8 Å². The molecule has 0 radical (unpaired) electrons. The molecule has 6 rings (SSSR count). The molecule has 3 aromatic heterocycles. The lowest BCUT2D eigenvalue weighted by Gasteiger charge is -2.27. The van der Waals surface area contributed by atoms with E-state index < -0.39 is 6.03 Å². The molecule has 1 fully saturated rings. The van der Waals surface area contributed by atoms with Crippen LogP contribution in [0.1, 0.15) is 28.9 Å². The monoisotopic (exact) mass is 540 g/mol. The molecular formula is C28H24N6O4S. The van der Waals surface area contributed by atoms with E-state index in [-0.39, 0.29) is 23.9 Å². The molecule has 4 heterocycles. The third-order valence-corrected chi connectivity index (χ3v) is 7.78. The summed E-state index contributed by atoms with van der Waals surface area (Å²) < 4.78 is 5.82. The topological polar surface area (TPSA) is 126 Å². The second-order valence-electron chi connectivity index (χ2n) is 9.24. The summed E-state index contributed by atoms with van der Waals surface area (Å²) in [5.41, 5.74) is 1.03. The Morgan fingerprint density at radius 2 is 1.85 bits per heavy atom. The molecule has 0 spiro atoms. The molecular weight excluding hydrogens is 516 g/mol. The van der Waals surface area contributed by atoms with E-state index in [9.17, 15) is 14.4 Å². The number of hydrogen-bond acceptors (Lipinski definition) is 7. The number of anilines is 3. The zero-order chi connectivity index (χ0) is 26.9. The molecule has 1 aromatic carbocycles. The molecule has 2 atom stereocenters. The zero-order valence-corrected chi connectivity index (χ0v) is 21.5. The number of ether oxygens (including phenoxy) is 1. The Morgan fingerprint density at radius 3 is 2.59 bits per heavy atom. The van der Waals surface area contributed by atoms with E-state index in [1.54, 1.807) is 30.6 Å². The lowest BCUT2D eigenvalue weighted by molar-refractivity contribution is -0.117. The lowest BCUT2D eigenvalue weighted by Crippen LogP contribution is -2.37. The van der Waals surface area contributed by atoms with Gasteiger partial charge >= 0.3 is 6.03 Å². The Kier molecular flexibility index (Phi) is 6.41. The van der Waals surface area contributed by atoms with Crippen LogP contribution in [0.4, 0.5) is 22.0 Å². The molecule has 1 aliphatic carbocycles. The van der Waals surface area contributed by atoms with Crippen LogP contribution in [0.15, 0.2) is 73.6 Å². The minimum Gasteiger partial charge on any atom is -0.456 e. The van der Waals surface area contributed by atoms with Gasteiger partial charge < -0.3 is 20.7 Å².